The minimum absolute atomic E-state index is 0.533. The molecule has 1 saturated heterocycles. The fourth-order valence-electron chi connectivity index (χ4n) is 2.70. The first-order valence-corrected chi connectivity index (χ1v) is 10.1. The largest absolute Gasteiger partial charge is 0.335 e. The van der Waals surface area contributed by atoms with Gasteiger partial charge in [-0.2, -0.15) is 23.5 Å². The molecule has 0 spiro atoms. The molecule has 4 atom stereocenters. The summed E-state index contributed by atoms with van der Waals surface area (Å²) in [7, 11) is 0. The predicted molar refractivity (Wildman–Crippen MR) is 96.4 cm³/mol. The number of aromatic nitrogens is 2. The summed E-state index contributed by atoms with van der Waals surface area (Å²) in [4.78, 5) is 4.57. The molecule has 1 aromatic heterocycles. The number of nitrogens with one attached hydrogen (secondary N) is 1. The summed E-state index contributed by atoms with van der Waals surface area (Å²) in [5, 5.41) is 5.98. The number of nitrogens with zero attached hydrogens (tertiary/aromatic N) is 2. The Kier molecular flexibility index (Phi) is 6.96. The van der Waals surface area contributed by atoms with E-state index in [1.807, 2.05) is 6.20 Å². The van der Waals surface area contributed by atoms with E-state index in [4.69, 9.17) is 0 Å². The first kappa shape index (κ1) is 17.2. The van der Waals surface area contributed by atoms with E-state index in [9.17, 15) is 0 Å². The van der Waals surface area contributed by atoms with E-state index in [-0.39, 0.29) is 0 Å². The van der Waals surface area contributed by atoms with E-state index in [1.165, 1.54) is 18.0 Å². The second-order valence-corrected chi connectivity index (χ2v) is 8.84. The molecule has 21 heavy (non-hydrogen) atoms. The lowest BCUT2D eigenvalue weighted by molar-refractivity contribution is 0.485. The molecule has 0 bridgehead atoms. The zero-order valence-electron chi connectivity index (χ0n) is 13.7. The Morgan fingerprint density at radius 3 is 2.86 bits per heavy atom. The van der Waals surface area contributed by atoms with Gasteiger partial charge >= 0.3 is 0 Å². The Morgan fingerprint density at radius 2 is 2.19 bits per heavy atom. The lowest BCUT2D eigenvalue weighted by Gasteiger charge is -2.36. The summed E-state index contributed by atoms with van der Waals surface area (Å²) in [6.45, 7) is 11.3. The highest BCUT2D eigenvalue weighted by Gasteiger charge is 2.31. The molecule has 0 aromatic carbocycles. The van der Waals surface area contributed by atoms with Crippen molar-refractivity contribution >= 4 is 23.5 Å². The van der Waals surface area contributed by atoms with Gasteiger partial charge in [0.25, 0.3) is 0 Å². The third kappa shape index (κ3) is 4.67. The van der Waals surface area contributed by atoms with Crippen LogP contribution in [0.3, 0.4) is 0 Å². The monoisotopic (exact) mass is 327 g/mol. The van der Waals surface area contributed by atoms with Crippen LogP contribution in [0.15, 0.2) is 12.4 Å². The number of rotatable bonds is 7. The van der Waals surface area contributed by atoms with Crippen molar-refractivity contribution in [3.8, 4) is 0 Å². The molecule has 1 fully saturated rings. The van der Waals surface area contributed by atoms with Crippen LogP contribution in [-0.2, 0) is 13.0 Å². The van der Waals surface area contributed by atoms with Gasteiger partial charge in [0, 0.05) is 52.9 Å². The van der Waals surface area contributed by atoms with E-state index in [2.05, 4.69) is 72.3 Å². The Bertz CT molecular complexity index is 421. The molecule has 0 aliphatic carbocycles. The third-order valence-corrected chi connectivity index (χ3v) is 7.78. The van der Waals surface area contributed by atoms with Gasteiger partial charge in [-0.05, 0) is 19.9 Å². The van der Waals surface area contributed by atoms with Crippen LogP contribution in [0.25, 0.3) is 0 Å². The maximum absolute atomic E-state index is 4.57. The maximum Gasteiger partial charge on any atom is 0.110 e. The zero-order chi connectivity index (χ0) is 15.2. The van der Waals surface area contributed by atoms with Gasteiger partial charge in [-0.15, -0.1) is 0 Å². The van der Waals surface area contributed by atoms with Crippen molar-refractivity contribution in [2.45, 2.75) is 68.9 Å². The minimum atomic E-state index is 0.533. The molecular weight excluding hydrogens is 298 g/mol. The second-order valence-electron chi connectivity index (χ2n) is 5.81. The minimum Gasteiger partial charge on any atom is -0.335 e. The maximum atomic E-state index is 4.57. The molecule has 0 radical (unpaired) electrons. The molecule has 2 heterocycles. The summed E-state index contributed by atoms with van der Waals surface area (Å²) in [6.07, 6.45) is 6.26. The average Bonchev–Trinajstić information content (AvgIpc) is 2.93. The van der Waals surface area contributed by atoms with Gasteiger partial charge in [0.1, 0.15) is 5.82 Å². The quantitative estimate of drug-likeness (QED) is 0.831. The fraction of sp³-hybridized carbons (Fsp3) is 0.812. The highest BCUT2D eigenvalue weighted by molar-refractivity contribution is 8.07. The van der Waals surface area contributed by atoms with Crippen LogP contribution in [0.5, 0.6) is 0 Å². The molecule has 5 heteroatoms. The number of imidazole rings is 1. The van der Waals surface area contributed by atoms with Gasteiger partial charge in [0.05, 0.1) is 0 Å². The number of thioether (sulfide) groups is 2. The molecule has 4 unspecified atom stereocenters. The second kappa shape index (κ2) is 8.49. The van der Waals surface area contributed by atoms with Crippen molar-refractivity contribution in [2.24, 2.45) is 0 Å². The Morgan fingerprint density at radius 1 is 1.38 bits per heavy atom. The molecule has 1 aliphatic rings. The van der Waals surface area contributed by atoms with Crippen LogP contribution < -0.4 is 5.32 Å². The van der Waals surface area contributed by atoms with E-state index in [1.54, 1.807) is 0 Å². The summed E-state index contributed by atoms with van der Waals surface area (Å²) >= 11 is 4.30. The van der Waals surface area contributed by atoms with Crippen LogP contribution in [0.4, 0.5) is 0 Å². The molecule has 0 saturated carbocycles. The van der Waals surface area contributed by atoms with E-state index < -0.39 is 0 Å². The van der Waals surface area contributed by atoms with Gasteiger partial charge in [0.15, 0.2) is 0 Å². The standard InChI is InChI=1S/C16H29N3S2/c1-5-7-17-14(10-16-18-8-9-19(16)6-2)15-11-20-12(3)13(4)21-15/h8-9,12-15,17H,5-7,10-11H2,1-4H3. The Labute approximate surface area is 138 Å². The molecule has 1 N–H and O–H groups in total. The van der Waals surface area contributed by atoms with Crippen LogP contribution in [0, 0.1) is 0 Å². The SMILES string of the molecule is CCCNC(Cc1nccn1CC)C1CSC(C)C(C)S1. The first-order valence-electron chi connectivity index (χ1n) is 8.16. The fourth-order valence-corrected chi connectivity index (χ4v) is 5.83. The number of hydrogen-bond donors (Lipinski definition) is 1. The van der Waals surface area contributed by atoms with Gasteiger partial charge in [-0.1, -0.05) is 20.8 Å². The Balaban J connectivity index is 2.03. The zero-order valence-corrected chi connectivity index (χ0v) is 15.3. The molecule has 1 aromatic rings. The third-order valence-electron chi connectivity index (χ3n) is 4.22. The van der Waals surface area contributed by atoms with Gasteiger partial charge in [-0.25, -0.2) is 4.98 Å². The van der Waals surface area contributed by atoms with Crippen molar-refractivity contribution in [3.63, 3.8) is 0 Å². The molecule has 3 nitrogen and oxygen atoms in total. The van der Waals surface area contributed by atoms with Crippen molar-refractivity contribution < 1.29 is 0 Å². The van der Waals surface area contributed by atoms with Gasteiger partial charge in [-0.3, -0.25) is 0 Å². The van der Waals surface area contributed by atoms with Crippen molar-refractivity contribution in [2.75, 3.05) is 12.3 Å². The van der Waals surface area contributed by atoms with Crippen LogP contribution >= 0.6 is 23.5 Å². The highest BCUT2D eigenvalue weighted by Crippen LogP contribution is 2.37. The average molecular weight is 328 g/mol. The van der Waals surface area contributed by atoms with Gasteiger partial charge in [0.2, 0.25) is 0 Å². The molecular formula is C16H29N3S2. The molecule has 2 rings (SSSR count). The van der Waals surface area contributed by atoms with Crippen molar-refractivity contribution in [1.29, 1.82) is 0 Å². The number of hydrogen-bond acceptors (Lipinski definition) is 4. The van der Waals surface area contributed by atoms with Crippen molar-refractivity contribution in [1.82, 2.24) is 14.9 Å². The van der Waals surface area contributed by atoms with Crippen LogP contribution in [-0.4, -0.2) is 43.6 Å². The van der Waals surface area contributed by atoms with Crippen molar-refractivity contribution in [3.05, 3.63) is 18.2 Å². The predicted octanol–water partition coefficient (Wildman–Crippen LogP) is 3.44. The lowest BCUT2D eigenvalue weighted by Crippen LogP contribution is -2.45. The molecule has 0 amide bonds. The Hall–Kier alpha value is -0.130. The normalized spacial score (nSPS) is 27.7. The lowest BCUT2D eigenvalue weighted by atomic mass is 10.1. The van der Waals surface area contributed by atoms with Crippen LogP contribution in [0.2, 0.25) is 0 Å². The van der Waals surface area contributed by atoms with E-state index >= 15 is 0 Å². The molecule has 120 valence electrons. The smallest absolute Gasteiger partial charge is 0.110 e. The summed E-state index contributed by atoms with van der Waals surface area (Å²) in [6, 6.07) is 0.533. The summed E-state index contributed by atoms with van der Waals surface area (Å²) in [5.74, 6) is 2.48. The van der Waals surface area contributed by atoms with E-state index in [0.717, 1.165) is 30.0 Å². The van der Waals surface area contributed by atoms with Gasteiger partial charge < -0.3 is 9.88 Å². The van der Waals surface area contributed by atoms with E-state index in [0.29, 0.717) is 11.3 Å². The van der Waals surface area contributed by atoms with Crippen LogP contribution in [0.1, 0.15) is 39.9 Å². The summed E-state index contributed by atoms with van der Waals surface area (Å²) in [5.41, 5.74) is 0. The summed E-state index contributed by atoms with van der Waals surface area (Å²) < 4.78 is 2.27. The highest BCUT2D eigenvalue weighted by atomic mass is 32.2. The first-order chi connectivity index (χ1) is 10.2. The topological polar surface area (TPSA) is 29.9 Å². The number of aryl methyl sites for hydroxylation is 1. The molecule has 1 aliphatic heterocycles.